The Bertz CT molecular complexity index is 1660. The first-order chi connectivity index (χ1) is 21.1. The van der Waals surface area contributed by atoms with Crippen molar-refractivity contribution in [2.24, 2.45) is 5.92 Å². The molecule has 3 N–H and O–H groups in total. The number of amides is 2. The molecule has 2 fully saturated rings. The number of aromatic nitrogens is 2. The average molecular weight is 630 g/mol. The van der Waals surface area contributed by atoms with Crippen molar-refractivity contribution in [2.45, 2.75) is 24.3 Å². The molecule has 2 saturated heterocycles. The average Bonchev–Trinajstić information content (AvgIpc) is 3.68. The van der Waals surface area contributed by atoms with Gasteiger partial charge in [0.25, 0.3) is 5.91 Å². The Morgan fingerprint density at radius 3 is 2.48 bits per heavy atom. The van der Waals surface area contributed by atoms with Crippen molar-refractivity contribution < 1.29 is 31.5 Å². The number of fused-ring (bicyclic) bond motifs is 1. The monoisotopic (exact) mass is 629 g/mol. The zero-order valence-electron chi connectivity index (χ0n) is 24.1. The van der Waals surface area contributed by atoms with E-state index < -0.39 is 32.5 Å². The van der Waals surface area contributed by atoms with Gasteiger partial charge in [0.05, 0.1) is 28.7 Å². The summed E-state index contributed by atoms with van der Waals surface area (Å²) in [4.78, 5) is 30.6. The van der Waals surface area contributed by atoms with Gasteiger partial charge in [-0.3, -0.25) is 14.7 Å². The summed E-state index contributed by atoms with van der Waals surface area (Å²) in [5.74, 6) is -2.98. The Kier molecular flexibility index (Phi) is 8.37. The van der Waals surface area contributed by atoms with Crippen LogP contribution < -0.4 is 15.5 Å². The molecule has 3 aliphatic heterocycles. The second-order valence-corrected chi connectivity index (χ2v) is 13.2. The first kappa shape index (κ1) is 30.1. The summed E-state index contributed by atoms with van der Waals surface area (Å²) in [6.07, 6.45) is 0.840. The van der Waals surface area contributed by atoms with Gasteiger partial charge in [-0.2, -0.15) is 9.40 Å². The van der Waals surface area contributed by atoms with Gasteiger partial charge in [0.2, 0.25) is 15.9 Å². The predicted molar refractivity (Wildman–Crippen MR) is 158 cm³/mol. The second kappa shape index (κ2) is 12.2. The maximum atomic E-state index is 13.8. The number of likely N-dealkylation sites (N-methyl/N-ethyl adjacent to an activating group) is 1. The smallest absolute Gasteiger partial charge is 0.258 e. The number of halogens is 2. The molecule has 2 aromatic carbocycles. The van der Waals surface area contributed by atoms with Crippen LogP contribution in [0.2, 0.25) is 0 Å². The molecule has 6 rings (SSSR count). The maximum absolute atomic E-state index is 13.8. The number of ether oxygens (including phenoxy) is 1. The van der Waals surface area contributed by atoms with Crippen LogP contribution in [0.4, 0.5) is 26.0 Å². The summed E-state index contributed by atoms with van der Waals surface area (Å²) >= 11 is 0. The van der Waals surface area contributed by atoms with Gasteiger partial charge in [-0.05, 0) is 43.8 Å². The van der Waals surface area contributed by atoms with E-state index in [1.54, 1.807) is 12.1 Å². The highest BCUT2D eigenvalue weighted by atomic mass is 32.2. The van der Waals surface area contributed by atoms with Crippen molar-refractivity contribution in [1.29, 1.82) is 0 Å². The number of nitrogens with zero attached hydrogens (tertiary/aromatic N) is 4. The van der Waals surface area contributed by atoms with Gasteiger partial charge < -0.3 is 25.2 Å². The van der Waals surface area contributed by atoms with Crippen molar-refractivity contribution >= 4 is 39.0 Å². The molecule has 44 heavy (non-hydrogen) atoms. The fourth-order valence-corrected chi connectivity index (χ4v) is 7.10. The van der Waals surface area contributed by atoms with Crippen molar-refractivity contribution in [3.05, 3.63) is 64.9 Å². The lowest BCUT2D eigenvalue weighted by atomic mass is 10.1. The van der Waals surface area contributed by atoms with E-state index in [2.05, 4.69) is 37.7 Å². The Morgan fingerprint density at radius 1 is 1.02 bits per heavy atom. The molecule has 15 heteroatoms. The van der Waals surface area contributed by atoms with Gasteiger partial charge in [-0.25, -0.2) is 17.2 Å². The third kappa shape index (κ3) is 6.18. The van der Waals surface area contributed by atoms with Crippen molar-refractivity contribution in [3.8, 4) is 0 Å². The van der Waals surface area contributed by atoms with Gasteiger partial charge in [0.1, 0.15) is 11.6 Å². The van der Waals surface area contributed by atoms with Crippen LogP contribution in [0.25, 0.3) is 0 Å². The van der Waals surface area contributed by atoms with Crippen LogP contribution in [0, 0.1) is 17.6 Å². The number of anilines is 3. The Morgan fingerprint density at radius 2 is 1.77 bits per heavy atom. The van der Waals surface area contributed by atoms with Crippen LogP contribution in [0.5, 0.6) is 0 Å². The third-order valence-electron chi connectivity index (χ3n) is 8.28. The standard InChI is InChI=1S/C29H33F2N7O5S/c1-36-7-9-37(10-8-36)21-2-3-23(26(15-21)32-28(39)18-5-11-43-17-18)29(40)33-27-24-16-38(6-4-25(24)34-35-27)44(41,42)22-13-19(30)12-20(31)14-22/h2-3,12-15,18H,4-11,16-17H2,1H3,(H,32,39)(H2,33,34,35,40). The lowest BCUT2D eigenvalue weighted by Crippen LogP contribution is -2.44. The summed E-state index contributed by atoms with van der Waals surface area (Å²) in [6.45, 7) is 4.06. The highest BCUT2D eigenvalue weighted by Gasteiger charge is 2.33. The summed E-state index contributed by atoms with van der Waals surface area (Å²) in [5.41, 5.74) is 2.50. The highest BCUT2D eigenvalue weighted by molar-refractivity contribution is 7.89. The maximum Gasteiger partial charge on any atom is 0.258 e. The van der Waals surface area contributed by atoms with E-state index in [9.17, 15) is 26.8 Å². The van der Waals surface area contributed by atoms with E-state index in [0.717, 1.165) is 48.3 Å². The van der Waals surface area contributed by atoms with Crippen LogP contribution in [0.1, 0.15) is 28.0 Å². The van der Waals surface area contributed by atoms with Crippen molar-refractivity contribution in [2.75, 3.05) is 68.5 Å². The lowest BCUT2D eigenvalue weighted by Gasteiger charge is -2.34. The third-order valence-corrected chi connectivity index (χ3v) is 10.1. The van der Waals surface area contributed by atoms with Gasteiger partial charge in [-0.15, -0.1) is 0 Å². The summed E-state index contributed by atoms with van der Waals surface area (Å²) in [5, 5.41) is 12.8. The molecule has 0 saturated carbocycles. The van der Waals surface area contributed by atoms with Crippen LogP contribution in [-0.2, 0) is 32.5 Å². The first-order valence-electron chi connectivity index (χ1n) is 14.4. The molecular weight excluding hydrogens is 596 g/mol. The minimum atomic E-state index is -4.24. The van der Waals surface area contributed by atoms with Crippen LogP contribution >= 0.6 is 0 Å². The normalized spacial score (nSPS) is 19.5. The Balaban J connectivity index is 1.24. The number of rotatable bonds is 7. The number of benzene rings is 2. The lowest BCUT2D eigenvalue weighted by molar-refractivity contribution is -0.119. The number of sulfonamides is 1. The van der Waals surface area contributed by atoms with E-state index in [-0.39, 0.29) is 42.7 Å². The minimum absolute atomic E-state index is 0.0534. The Labute approximate surface area is 253 Å². The number of nitrogens with one attached hydrogen (secondary N) is 3. The molecule has 1 atom stereocenters. The number of carbonyl (C=O) groups excluding carboxylic acids is 2. The largest absolute Gasteiger partial charge is 0.381 e. The van der Waals surface area contributed by atoms with E-state index in [1.165, 1.54) is 0 Å². The minimum Gasteiger partial charge on any atom is -0.381 e. The molecule has 0 radical (unpaired) electrons. The van der Waals surface area contributed by atoms with Crippen LogP contribution in [-0.4, -0.2) is 92.6 Å². The van der Waals surface area contributed by atoms with E-state index >= 15 is 0 Å². The van der Waals surface area contributed by atoms with Gasteiger partial charge in [0.15, 0.2) is 5.82 Å². The number of hydrogen-bond acceptors (Lipinski definition) is 8. The van der Waals surface area contributed by atoms with Crippen LogP contribution in [0.15, 0.2) is 41.3 Å². The fourth-order valence-electron chi connectivity index (χ4n) is 5.65. The summed E-state index contributed by atoms with van der Waals surface area (Å²) in [6, 6.07) is 7.42. The van der Waals surface area contributed by atoms with E-state index in [1.807, 2.05) is 6.07 Å². The quantitative estimate of drug-likeness (QED) is 0.362. The molecule has 1 unspecified atom stereocenters. The molecule has 0 aliphatic carbocycles. The summed E-state index contributed by atoms with van der Waals surface area (Å²) in [7, 11) is -2.18. The van der Waals surface area contributed by atoms with Gasteiger partial charge >= 0.3 is 0 Å². The zero-order chi connectivity index (χ0) is 31.0. The number of piperazine rings is 1. The fraction of sp³-hybridized carbons (Fsp3) is 0.414. The predicted octanol–water partition coefficient (Wildman–Crippen LogP) is 2.41. The Hall–Kier alpha value is -3.92. The molecule has 234 valence electrons. The molecule has 2 amide bonds. The molecule has 0 bridgehead atoms. The molecule has 1 aromatic heterocycles. The topological polar surface area (TPSA) is 140 Å². The molecule has 4 heterocycles. The number of carbonyl (C=O) groups is 2. The highest BCUT2D eigenvalue weighted by Crippen LogP contribution is 2.31. The second-order valence-electron chi connectivity index (χ2n) is 11.2. The summed E-state index contributed by atoms with van der Waals surface area (Å²) < 4.78 is 60.5. The zero-order valence-corrected chi connectivity index (χ0v) is 24.9. The first-order valence-corrected chi connectivity index (χ1v) is 15.8. The van der Waals surface area contributed by atoms with Gasteiger partial charge in [0, 0.05) is 75.3 Å². The van der Waals surface area contributed by atoms with E-state index in [4.69, 9.17) is 4.74 Å². The molecule has 0 spiro atoms. The number of aromatic amines is 1. The number of H-pyrrole nitrogens is 1. The molecule has 3 aromatic rings. The molecule has 12 nitrogen and oxygen atoms in total. The van der Waals surface area contributed by atoms with Gasteiger partial charge in [-0.1, -0.05) is 0 Å². The van der Waals surface area contributed by atoms with Crippen LogP contribution in [0.3, 0.4) is 0 Å². The SMILES string of the molecule is CN1CCN(c2ccc(C(=O)Nc3n[nH]c4c3CN(S(=O)(=O)c3cc(F)cc(F)c3)CC4)c(NC(=O)C3CCOC3)c2)CC1. The molecular formula is C29H33F2N7O5S. The molecule has 3 aliphatic rings. The number of hydrogen-bond donors (Lipinski definition) is 3. The van der Waals surface area contributed by atoms with Crippen molar-refractivity contribution in [3.63, 3.8) is 0 Å². The van der Waals surface area contributed by atoms with Crippen molar-refractivity contribution in [1.82, 2.24) is 19.4 Å². The van der Waals surface area contributed by atoms with E-state index in [0.29, 0.717) is 42.6 Å².